The van der Waals surface area contributed by atoms with Crippen molar-refractivity contribution in [3.63, 3.8) is 0 Å². The molecule has 0 fully saturated rings. The molecule has 3 aromatic carbocycles. The number of rotatable bonds is 8. The molecular weight excluding hydrogens is 416 g/mol. The van der Waals surface area contributed by atoms with Crippen molar-refractivity contribution in [2.24, 2.45) is 0 Å². The predicted molar refractivity (Wildman–Crippen MR) is 126 cm³/mol. The monoisotopic (exact) mass is 440 g/mol. The average Bonchev–Trinajstić information content (AvgIpc) is 3.28. The molecular formula is C25H24N6O2. The number of nitrogens with zero attached hydrogens (tertiary/aromatic N) is 4. The van der Waals surface area contributed by atoms with Gasteiger partial charge in [-0.1, -0.05) is 72.3 Å². The lowest BCUT2D eigenvalue weighted by atomic mass is 10.1. The fourth-order valence-corrected chi connectivity index (χ4v) is 3.30. The fraction of sp³-hybridized carbons (Fsp3) is 0.160. The first kappa shape index (κ1) is 21.9. The van der Waals surface area contributed by atoms with Gasteiger partial charge in [0.25, 0.3) is 5.91 Å². The summed E-state index contributed by atoms with van der Waals surface area (Å²) in [7, 11) is 0. The summed E-state index contributed by atoms with van der Waals surface area (Å²) in [6.07, 6.45) is 0.725. The van der Waals surface area contributed by atoms with E-state index in [0.29, 0.717) is 23.6 Å². The van der Waals surface area contributed by atoms with E-state index in [4.69, 9.17) is 0 Å². The lowest BCUT2D eigenvalue weighted by Crippen LogP contribution is -2.28. The van der Waals surface area contributed by atoms with E-state index in [1.165, 1.54) is 4.80 Å². The number of para-hydroxylation sites is 1. The highest BCUT2D eigenvalue weighted by molar-refractivity contribution is 6.03. The van der Waals surface area contributed by atoms with E-state index in [-0.39, 0.29) is 18.4 Å². The van der Waals surface area contributed by atoms with Gasteiger partial charge in [-0.2, -0.15) is 4.80 Å². The predicted octanol–water partition coefficient (Wildman–Crippen LogP) is 3.26. The van der Waals surface area contributed by atoms with Crippen molar-refractivity contribution in [1.29, 1.82) is 0 Å². The molecule has 166 valence electrons. The van der Waals surface area contributed by atoms with Crippen LogP contribution in [0.2, 0.25) is 0 Å². The van der Waals surface area contributed by atoms with Gasteiger partial charge in [-0.25, -0.2) is 0 Å². The summed E-state index contributed by atoms with van der Waals surface area (Å²) >= 11 is 0. The van der Waals surface area contributed by atoms with Crippen LogP contribution < -0.4 is 10.6 Å². The molecule has 0 radical (unpaired) electrons. The molecule has 2 amide bonds. The van der Waals surface area contributed by atoms with Gasteiger partial charge in [0.2, 0.25) is 11.7 Å². The molecule has 0 aliphatic carbocycles. The number of carbonyl (C=O) groups is 2. The van der Waals surface area contributed by atoms with Crippen molar-refractivity contribution in [2.45, 2.75) is 19.9 Å². The second kappa shape index (κ2) is 10.3. The van der Waals surface area contributed by atoms with Gasteiger partial charge in [-0.15, -0.1) is 10.2 Å². The molecule has 0 aliphatic heterocycles. The van der Waals surface area contributed by atoms with Crippen LogP contribution in [0.25, 0.3) is 11.4 Å². The molecule has 8 nitrogen and oxygen atoms in total. The number of hydrogen-bond acceptors (Lipinski definition) is 5. The summed E-state index contributed by atoms with van der Waals surface area (Å²) in [5.41, 5.74) is 3.92. The highest BCUT2D eigenvalue weighted by Crippen LogP contribution is 2.16. The van der Waals surface area contributed by atoms with E-state index in [1.54, 1.807) is 24.3 Å². The van der Waals surface area contributed by atoms with Crippen LogP contribution in [-0.4, -0.2) is 38.6 Å². The smallest absolute Gasteiger partial charge is 0.253 e. The topological polar surface area (TPSA) is 102 Å². The number of carbonyl (C=O) groups excluding carboxylic acids is 2. The Kier molecular flexibility index (Phi) is 6.84. The number of nitrogens with one attached hydrogen (secondary N) is 2. The Bertz CT molecular complexity index is 1240. The fourth-order valence-electron chi connectivity index (χ4n) is 3.30. The van der Waals surface area contributed by atoms with Gasteiger partial charge in [-0.05, 0) is 36.3 Å². The molecule has 4 rings (SSSR count). The first-order valence-electron chi connectivity index (χ1n) is 10.6. The Morgan fingerprint density at radius 3 is 2.42 bits per heavy atom. The minimum atomic E-state index is -0.354. The largest absolute Gasteiger partial charge is 0.352 e. The molecule has 33 heavy (non-hydrogen) atoms. The van der Waals surface area contributed by atoms with Crippen molar-refractivity contribution >= 4 is 17.5 Å². The SMILES string of the molecule is Cc1ccc(-c2nnn(CC(=O)Nc3ccccc3C(=O)NCCc3ccccc3)n2)cc1. The van der Waals surface area contributed by atoms with Gasteiger partial charge in [0.15, 0.2) is 0 Å². The third-order valence-corrected chi connectivity index (χ3v) is 5.04. The quantitative estimate of drug-likeness (QED) is 0.438. The van der Waals surface area contributed by atoms with Gasteiger partial charge in [-0.3, -0.25) is 9.59 Å². The lowest BCUT2D eigenvalue weighted by molar-refractivity contribution is -0.117. The van der Waals surface area contributed by atoms with E-state index >= 15 is 0 Å². The summed E-state index contributed by atoms with van der Waals surface area (Å²) < 4.78 is 0. The molecule has 0 atom stereocenters. The van der Waals surface area contributed by atoms with Crippen LogP contribution in [0.5, 0.6) is 0 Å². The zero-order chi connectivity index (χ0) is 23.0. The first-order chi connectivity index (χ1) is 16.1. The molecule has 0 saturated carbocycles. The van der Waals surface area contributed by atoms with Crippen LogP contribution in [0.1, 0.15) is 21.5 Å². The van der Waals surface area contributed by atoms with Crippen LogP contribution in [0.15, 0.2) is 78.9 Å². The highest BCUT2D eigenvalue weighted by Gasteiger charge is 2.14. The molecule has 1 aromatic heterocycles. The Labute approximate surface area is 191 Å². The normalized spacial score (nSPS) is 10.6. The van der Waals surface area contributed by atoms with Gasteiger partial charge >= 0.3 is 0 Å². The molecule has 0 spiro atoms. The summed E-state index contributed by atoms with van der Waals surface area (Å²) in [6.45, 7) is 2.37. The van der Waals surface area contributed by atoms with Crippen LogP contribution in [0.3, 0.4) is 0 Å². The molecule has 8 heteroatoms. The summed E-state index contributed by atoms with van der Waals surface area (Å²) in [6, 6.07) is 24.6. The van der Waals surface area contributed by atoms with Gasteiger partial charge in [0.1, 0.15) is 6.54 Å². The Morgan fingerprint density at radius 1 is 0.909 bits per heavy atom. The first-order valence-corrected chi connectivity index (χ1v) is 10.6. The zero-order valence-electron chi connectivity index (χ0n) is 18.2. The molecule has 0 aliphatic rings. The average molecular weight is 441 g/mol. The molecule has 0 saturated heterocycles. The summed E-state index contributed by atoms with van der Waals surface area (Å²) in [5.74, 6) is -0.157. The molecule has 4 aromatic rings. The minimum Gasteiger partial charge on any atom is -0.352 e. The van der Waals surface area contributed by atoms with Crippen molar-refractivity contribution in [3.8, 4) is 11.4 Å². The van der Waals surface area contributed by atoms with Crippen LogP contribution in [0.4, 0.5) is 5.69 Å². The second-order valence-electron chi connectivity index (χ2n) is 7.59. The van der Waals surface area contributed by atoms with E-state index in [1.807, 2.05) is 61.5 Å². The summed E-state index contributed by atoms with van der Waals surface area (Å²) in [5, 5.41) is 17.9. The third kappa shape index (κ3) is 5.88. The number of benzene rings is 3. The molecule has 0 unspecified atom stereocenters. The van der Waals surface area contributed by atoms with Crippen LogP contribution in [-0.2, 0) is 17.8 Å². The van der Waals surface area contributed by atoms with E-state index in [2.05, 4.69) is 26.0 Å². The number of amides is 2. The van der Waals surface area contributed by atoms with E-state index in [9.17, 15) is 9.59 Å². The van der Waals surface area contributed by atoms with Crippen LogP contribution in [0, 0.1) is 6.92 Å². The Morgan fingerprint density at radius 2 is 1.64 bits per heavy atom. The Hall–Kier alpha value is -4.33. The Balaban J connectivity index is 1.35. The van der Waals surface area contributed by atoms with E-state index in [0.717, 1.165) is 23.1 Å². The maximum absolute atomic E-state index is 12.7. The third-order valence-electron chi connectivity index (χ3n) is 5.04. The number of tetrazole rings is 1. The van der Waals surface area contributed by atoms with Gasteiger partial charge in [0.05, 0.1) is 11.3 Å². The summed E-state index contributed by atoms with van der Waals surface area (Å²) in [4.78, 5) is 26.5. The van der Waals surface area contributed by atoms with Gasteiger partial charge < -0.3 is 10.6 Å². The van der Waals surface area contributed by atoms with E-state index < -0.39 is 0 Å². The van der Waals surface area contributed by atoms with Gasteiger partial charge in [0, 0.05) is 12.1 Å². The van der Waals surface area contributed by atoms with Crippen molar-refractivity contribution in [1.82, 2.24) is 25.5 Å². The van der Waals surface area contributed by atoms with Crippen LogP contribution >= 0.6 is 0 Å². The van der Waals surface area contributed by atoms with Crippen molar-refractivity contribution in [2.75, 3.05) is 11.9 Å². The molecule has 0 bridgehead atoms. The molecule has 2 N–H and O–H groups in total. The maximum Gasteiger partial charge on any atom is 0.253 e. The lowest BCUT2D eigenvalue weighted by Gasteiger charge is -2.11. The van der Waals surface area contributed by atoms with Crippen molar-refractivity contribution in [3.05, 3.63) is 95.6 Å². The van der Waals surface area contributed by atoms with Crippen molar-refractivity contribution < 1.29 is 9.59 Å². The number of anilines is 1. The second-order valence-corrected chi connectivity index (χ2v) is 7.59. The number of hydrogen-bond donors (Lipinski definition) is 2. The minimum absolute atomic E-state index is 0.122. The molecule has 1 heterocycles. The maximum atomic E-state index is 12.7. The number of aryl methyl sites for hydroxylation is 1. The standard InChI is InChI=1S/C25H24N6O2/c1-18-11-13-20(14-12-18)24-28-30-31(29-24)17-23(32)27-22-10-6-5-9-21(22)25(33)26-16-15-19-7-3-2-4-8-19/h2-14H,15-17H2,1H3,(H,26,33)(H,27,32). The highest BCUT2D eigenvalue weighted by atomic mass is 16.2. The number of aromatic nitrogens is 4. The zero-order valence-corrected chi connectivity index (χ0v) is 18.2.